The van der Waals surface area contributed by atoms with Gasteiger partial charge in [-0.2, -0.15) is 0 Å². The first-order valence-electron chi connectivity index (χ1n) is 14.0. The normalized spacial score (nSPS) is 18.2. The molecule has 0 aliphatic carbocycles. The lowest BCUT2D eigenvalue weighted by atomic mass is 9.77. The van der Waals surface area contributed by atoms with Crippen molar-refractivity contribution in [2.24, 2.45) is 5.41 Å². The second kappa shape index (κ2) is 10.5. The Balaban J connectivity index is 1.19. The van der Waals surface area contributed by atoms with Gasteiger partial charge in [-0.3, -0.25) is 4.90 Å². The van der Waals surface area contributed by atoms with E-state index in [1.54, 1.807) is 6.07 Å². The molecule has 2 aliphatic rings. The summed E-state index contributed by atoms with van der Waals surface area (Å²) in [6.07, 6.45) is 6.47. The molecule has 0 saturated carbocycles. The Bertz CT molecular complexity index is 1520. The molecule has 4 aromatic rings. The van der Waals surface area contributed by atoms with Gasteiger partial charge >= 0.3 is 0 Å². The number of nitrogens with one attached hydrogen (secondary N) is 1. The largest absolute Gasteiger partial charge is 0.381 e. The molecule has 2 fully saturated rings. The number of imidazole rings is 1. The summed E-state index contributed by atoms with van der Waals surface area (Å²) < 4.78 is 37.5. The minimum absolute atomic E-state index is 0.00762. The van der Waals surface area contributed by atoms with E-state index in [0.29, 0.717) is 28.1 Å². The first-order chi connectivity index (χ1) is 19.2. The van der Waals surface area contributed by atoms with Gasteiger partial charge in [0.25, 0.3) is 0 Å². The topological polar surface area (TPSA) is 81.0 Å². The summed E-state index contributed by atoms with van der Waals surface area (Å²) in [6.45, 7) is 11.9. The van der Waals surface area contributed by atoms with Gasteiger partial charge in [-0.1, -0.05) is 6.07 Å². The molecule has 1 aromatic carbocycles. The van der Waals surface area contributed by atoms with Crippen molar-refractivity contribution in [2.75, 3.05) is 31.6 Å². The zero-order chi connectivity index (χ0) is 28.0. The Morgan fingerprint density at radius 2 is 1.77 bits per heavy atom. The lowest BCUT2D eigenvalue weighted by Crippen LogP contribution is -2.41. The van der Waals surface area contributed by atoms with E-state index in [9.17, 15) is 4.39 Å². The van der Waals surface area contributed by atoms with Gasteiger partial charge in [-0.05, 0) is 89.2 Å². The van der Waals surface area contributed by atoms with E-state index in [2.05, 4.69) is 37.1 Å². The Hall–Kier alpha value is -3.50. The van der Waals surface area contributed by atoms with Crippen molar-refractivity contribution in [3.63, 3.8) is 0 Å². The summed E-state index contributed by atoms with van der Waals surface area (Å²) in [7, 11) is 0. The van der Waals surface area contributed by atoms with E-state index in [1.165, 1.54) is 25.3 Å². The number of nitrogens with zero attached hydrogens (tertiary/aromatic N) is 6. The summed E-state index contributed by atoms with van der Waals surface area (Å²) in [5.74, 6) is 0.266. The van der Waals surface area contributed by atoms with Gasteiger partial charge in [0.15, 0.2) is 11.6 Å². The van der Waals surface area contributed by atoms with Gasteiger partial charge in [0, 0.05) is 30.5 Å². The first kappa shape index (κ1) is 26.7. The number of rotatable bonds is 6. The number of aryl methyl sites for hydroxylation is 1. The number of aromatic nitrogens is 5. The molecule has 5 heterocycles. The zero-order valence-electron chi connectivity index (χ0n) is 23.4. The molecule has 40 heavy (non-hydrogen) atoms. The van der Waals surface area contributed by atoms with E-state index in [4.69, 9.17) is 4.74 Å². The van der Waals surface area contributed by atoms with Crippen LogP contribution in [-0.2, 0) is 4.74 Å². The van der Waals surface area contributed by atoms with E-state index in [1.807, 2.05) is 43.7 Å². The molecule has 0 radical (unpaired) electrons. The second-order valence-electron chi connectivity index (χ2n) is 11.5. The van der Waals surface area contributed by atoms with Crippen molar-refractivity contribution < 1.29 is 13.5 Å². The number of halogens is 2. The predicted octanol–water partition coefficient (Wildman–Crippen LogP) is 6.36. The van der Waals surface area contributed by atoms with E-state index < -0.39 is 11.6 Å². The maximum absolute atomic E-state index is 15.0. The van der Waals surface area contributed by atoms with E-state index >= 15 is 4.39 Å². The van der Waals surface area contributed by atoms with Crippen LogP contribution in [0.4, 0.5) is 20.5 Å². The molecule has 2 saturated heterocycles. The molecule has 0 bridgehead atoms. The first-order valence-corrected chi connectivity index (χ1v) is 14.0. The molecule has 1 atom stereocenters. The van der Waals surface area contributed by atoms with Gasteiger partial charge < -0.3 is 14.6 Å². The number of pyridine rings is 1. The lowest BCUT2D eigenvalue weighted by Gasteiger charge is -2.41. The average Bonchev–Trinajstić information content (AvgIpc) is 3.54. The minimum Gasteiger partial charge on any atom is -0.381 e. The van der Waals surface area contributed by atoms with Gasteiger partial charge in [0.2, 0.25) is 5.95 Å². The standard InChI is InChI=1S/C30H35F2N7O/c1-18(2)39-20(4)35-28-23(31)13-22(14-25(28)39)27-24(32)16-34-29(37-27)36-26-6-5-21(15-33-26)19(3)38-10-7-30(8-11-38)9-12-40-17-30/h5-6,13-16,18-19H,7-12,17H2,1-4H3,(H,33,34,36,37)/t19-/m1/s1. The fraction of sp³-hybridized carbons (Fsp3) is 0.467. The fourth-order valence-corrected chi connectivity index (χ4v) is 6.17. The number of ether oxygens (including phenoxy) is 1. The summed E-state index contributed by atoms with van der Waals surface area (Å²) in [6, 6.07) is 7.24. The highest BCUT2D eigenvalue weighted by Crippen LogP contribution is 2.41. The SMILES string of the molecule is Cc1nc2c(F)cc(-c3nc(Nc4ccc([C@@H](C)N5CCC6(CCOC6)CC5)cn4)ncc3F)cc2n1C(C)C. The Morgan fingerprint density at radius 3 is 2.45 bits per heavy atom. The van der Waals surface area contributed by atoms with Crippen LogP contribution in [0.2, 0.25) is 0 Å². The third kappa shape index (κ3) is 4.94. The smallest absolute Gasteiger partial charge is 0.229 e. The van der Waals surface area contributed by atoms with Crippen molar-refractivity contribution in [1.82, 2.24) is 29.4 Å². The molecule has 6 rings (SSSR count). The fourth-order valence-electron chi connectivity index (χ4n) is 6.17. The molecule has 1 spiro atoms. The van der Waals surface area contributed by atoms with Crippen molar-refractivity contribution in [2.45, 2.75) is 59.0 Å². The summed E-state index contributed by atoms with van der Waals surface area (Å²) in [5, 5.41) is 3.07. The number of likely N-dealkylation sites (tertiary alicyclic amines) is 1. The molecule has 2 aliphatic heterocycles. The molecule has 0 amide bonds. The predicted molar refractivity (Wildman–Crippen MR) is 150 cm³/mol. The molecule has 3 aromatic heterocycles. The van der Waals surface area contributed by atoms with Gasteiger partial charge in [-0.15, -0.1) is 0 Å². The van der Waals surface area contributed by atoms with Crippen molar-refractivity contribution in [1.29, 1.82) is 0 Å². The summed E-state index contributed by atoms with van der Waals surface area (Å²) in [5.41, 5.74) is 2.69. The van der Waals surface area contributed by atoms with Crippen LogP contribution in [-0.4, -0.2) is 55.7 Å². The third-order valence-corrected chi connectivity index (χ3v) is 8.56. The highest BCUT2D eigenvalue weighted by molar-refractivity contribution is 5.83. The molecule has 210 valence electrons. The molecular formula is C30H35F2N7O. The number of benzene rings is 1. The minimum atomic E-state index is -0.638. The van der Waals surface area contributed by atoms with Crippen LogP contribution in [0.25, 0.3) is 22.3 Å². The number of hydrogen-bond donors (Lipinski definition) is 1. The molecule has 8 nitrogen and oxygen atoms in total. The number of fused-ring (bicyclic) bond motifs is 1. The van der Waals surface area contributed by atoms with Crippen LogP contribution in [0.15, 0.2) is 36.7 Å². The van der Waals surface area contributed by atoms with Crippen LogP contribution in [0.3, 0.4) is 0 Å². The van der Waals surface area contributed by atoms with Gasteiger partial charge in [-0.25, -0.2) is 28.7 Å². The highest BCUT2D eigenvalue weighted by Gasteiger charge is 2.39. The van der Waals surface area contributed by atoms with Crippen molar-refractivity contribution >= 4 is 22.8 Å². The monoisotopic (exact) mass is 547 g/mol. The van der Waals surface area contributed by atoms with Gasteiger partial charge in [0.1, 0.15) is 22.9 Å². The maximum atomic E-state index is 15.0. The van der Waals surface area contributed by atoms with Crippen LogP contribution < -0.4 is 5.32 Å². The van der Waals surface area contributed by atoms with E-state index in [-0.39, 0.29) is 29.2 Å². The van der Waals surface area contributed by atoms with E-state index in [0.717, 1.165) is 38.1 Å². The summed E-state index contributed by atoms with van der Waals surface area (Å²) >= 11 is 0. The number of hydrogen-bond acceptors (Lipinski definition) is 7. The Labute approximate surface area is 232 Å². The third-order valence-electron chi connectivity index (χ3n) is 8.56. The van der Waals surface area contributed by atoms with Crippen LogP contribution in [0.5, 0.6) is 0 Å². The number of anilines is 2. The van der Waals surface area contributed by atoms with Crippen LogP contribution >= 0.6 is 0 Å². The highest BCUT2D eigenvalue weighted by atomic mass is 19.1. The molecular weight excluding hydrogens is 512 g/mol. The average molecular weight is 548 g/mol. The molecule has 1 N–H and O–H groups in total. The van der Waals surface area contributed by atoms with Crippen LogP contribution in [0.1, 0.15) is 63.5 Å². The Morgan fingerprint density at radius 1 is 0.975 bits per heavy atom. The zero-order valence-corrected chi connectivity index (χ0v) is 23.4. The lowest BCUT2D eigenvalue weighted by molar-refractivity contribution is 0.0622. The Kier molecular flexibility index (Phi) is 7.00. The molecule has 0 unspecified atom stereocenters. The van der Waals surface area contributed by atoms with Crippen molar-refractivity contribution in [3.8, 4) is 11.3 Å². The van der Waals surface area contributed by atoms with Crippen LogP contribution in [0, 0.1) is 24.0 Å². The second-order valence-corrected chi connectivity index (χ2v) is 11.5. The summed E-state index contributed by atoms with van der Waals surface area (Å²) in [4.78, 5) is 19.9. The van der Waals surface area contributed by atoms with Crippen molar-refractivity contribution in [3.05, 3.63) is 59.7 Å². The maximum Gasteiger partial charge on any atom is 0.229 e. The molecule has 10 heteroatoms. The quantitative estimate of drug-likeness (QED) is 0.301. The number of piperidine rings is 1. The van der Waals surface area contributed by atoms with Gasteiger partial charge in [0.05, 0.1) is 18.3 Å².